The summed E-state index contributed by atoms with van der Waals surface area (Å²) in [5.74, 6) is 0.736. The molecule has 31 heavy (non-hydrogen) atoms. The molecule has 0 fully saturated rings. The van der Waals surface area contributed by atoms with E-state index in [1.165, 1.54) is 30.5 Å². The lowest BCUT2D eigenvalue weighted by Crippen LogP contribution is -2.10. The van der Waals surface area contributed by atoms with Crippen molar-refractivity contribution in [3.63, 3.8) is 0 Å². The second-order valence-corrected chi connectivity index (χ2v) is 6.33. The van der Waals surface area contributed by atoms with E-state index >= 15 is 0 Å². The highest BCUT2D eigenvalue weighted by molar-refractivity contribution is 6.02. The molecule has 7 heteroatoms. The Morgan fingerprint density at radius 1 is 1.03 bits per heavy atom. The molecule has 1 N–H and O–H groups in total. The Balaban J connectivity index is 1.68. The number of aromatic nitrogens is 1. The fraction of sp³-hybridized carbons (Fsp3) is 0.167. The van der Waals surface area contributed by atoms with Gasteiger partial charge < -0.3 is 19.5 Å². The first-order valence-electron chi connectivity index (χ1n) is 9.85. The third kappa shape index (κ3) is 6.30. The zero-order valence-corrected chi connectivity index (χ0v) is 17.3. The molecule has 0 radical (unpaired) electrons. The molecule has 0 bridgehead atoms. The van der Waals surface area contributed by atoms with Crippen LogP contribution in [0.25, 0.3) is 6.08 Å². The number of nitrogens with zero attached hydrogens (tertiary/aromatic N) is 1. The van der Waals surface area contributed by atoms with E-state index < -0.39 is 5.82 Å². The maximum absolute atomic E-state index is 14.4. The Bertz CT molecular complexity index is 1050. The number of carbonyl (C=O) groups excluding carboxylic acids is 1. The number of nitrogens with one attached hydrogen (secondary N) is 1. The van der Waals surface area contributed by atoms with E-state index in [-0.39, 0.29) is 11.7 Å². The summed E-state index contributed by atoms with van der Waals surface area (Å²) in [5, 5.41) is 2.77. The molecule has 160 valence electrons. The number of ether oxygens (including phenoxy) is 3. The largest absolute Gasteiger partial charge is 0.494 e. The lowest BCUT2D eigenvalue weighted by Gasteiger charge is -2.12. The third-order valence-electron chi connectivity index (χ3n) is 4.07. The minimum atomic E-state index is -0.547. The SMILES string of the molecule is CCOc1ccc(OCC)c(NC(=O)/C=C/c2ccc(Oc3cccnc3)c(F)c2)c1. The van der Waals surface area contributed by atoms with Crippen LogP contribution in [0.3, 0.4) is 0 Å². The van der Waals surface area contributed by atoms with Crippen LogP contribution in [0.1, 0.15) is 19.4 Å². The molecule has 2 aromatic carbocycles. The first-order chi connectivity index (χ1) is 15.1. The molecule has 0 saturated heterocycles. The molecule has 3 rings (SSSR count). The average Bonchev–Trinajstić information content (AvgIpc) is 2.77. The standard InChI is InChI=1S/C24H23FN2O4/c1-3-29-18-9-11-23(30-4-2)21(15-18)27-24(28)12-8-17-7-10-22(20(25)14-17)31-19-6-5-13-26-16-19/h5-16H,3-4H2,1-2H3,(H,27,28)/b12-8+. The summed E-state index contributed by atoms with van der Waals surface area (Å²) in [6.45, 7) is 4.70. The van der Waals surface area contributed by atoms with Crippen molar-refractivity contribution in [3.05, 3.63) is 78.4 Å². The highest BCUT2D eigenvalue weighted by Gasteiger charge is 2.09. The molecule has 6 nitrogen and oxygen atoms in total. The molecule has 0 aliphatic heterocycles. The first kappa shape index (κ1) is 21.8. The van der Waals surface area contributed by atoms with E-state index in [2.05, 4.69) is 10.3 Å². The number of amides is 1. The molecular formula is C24H23FN2O4. The van der Waals surface area contributed by atoms with Crippen LogP contribution in [0.4, 0.5) is 10.1 Å². The minimum absolute atomic E-state index is 0.0729. The van der Waals surface area contributed by atoms with Crippen LogP contribution in [0, 0.1) is 5.82 Å². The molecule has 0 spiro atoms. The molecule has 0 aliphatic rings. The van der Waals surface area contributed by atoms with Gasteiger partial charge in [-0.3, -0.25) is 9.78 Å². The minimum Gasteiger partial charge on any atom is -0.494 e. The highest BCUT2D eigenvalue weighted by atomic mass is 19.1. The number of hydrogen-bond donors (Lipinski definition) is 1. The summed E-state index contributed by atoms with van der Waals surface area (Å²) in [6.07, 6.45) is 5.93. The lowest BCUT2D eigenvalue weighted by atomic mass is 10.2. The number of hydrogen-bond acceptors (Lipinski definition) is 5. The summed E-state index contributed by atoms with van der Waals surface area (Å²) in [4.78, 5) is 16.3. The fourth-order valence-corrected chi connectivity index (χ4v) is 2.73. The number of pyridine rings is 1. The Morgan fingerprint density at radius 2 is 1.84 bits per heavy atom. The Morgan fingerprint density at radius 3 is 2.55 bits per heavy atom. The van der Waals surface area contributed by atoms with Crippen molar-refractivity contribution in [1.82, 2.24) is 4.98 Å². The zero-order valence-electron chi connectivity index (χ0n) is 17.3. The van der Waals surface area contributed by atoms with E-state index in [4.69, 9.17) is 14.2 Å². The summed E-state index contributed by atoms with van der Waals surface area (Å²) in [7, 11) is 0. The fourth-order valence-electron chi connectivity index (χ4n) is 2.73. The Labute approximate surface area is 180 Å². The van der Waals surface area contributed by atoms with Crippen LogP contribution in [0.15, 0.2) is 67.0 Å². The second-order valence-electron chi connectivity index (χ2n) is 6.33. The third-order valence-corrected chi connectivity index (χ3v) is 4.07. The number of halogens is 1. The van der Waals surface area contributed by atoms with Crippen LogP contribution in [0.2, 0.25) is 0 Å². The maximum Gasteiger partial charge on any atom is 0.248 e. The highest BCUT2D eigenvalue weighted by Crippen LogP contribution is 2.30. The molecule has 0 atom stereocenters. The zero-order chi connectivity index (χ0) is 22.1. The molecule has 1 amide bonds. The molecule has 0 saturated carbocycles. The van der Waals surface area contributed by atoms with Gasteiger partial charge in [-0.15, -0.1) is 0 Å². The van der Waals surface area contributed by atoms with Gasteiger partial charge >= 0.3 is 0 Å². The maximum atomic E-state index is 14.4. The van der Waals surface area contributed by atoms with E-state index in [0.29, 0.717) is 41.7 Å². The van der Waals surface area contributed by atoms with Crippen LogP contribution >= 0.6 is 0 Å². The number of anilines is 1. The van der Waals surface area contributed by atoms with E-state index in [1.54, 1.807) is 42.6 Å². The van der Waals surface area contributed by atoms with Crippen molar-refractivity contribution in [2.45, 2.75) is 13.8 Å². The smallest absolute Gasteiger partial charge is 0.248 e. The van der Waals surface area contributed by atoms with Crippen molar-refractivity contribution >= 4 is 17.7 Å². The number of rotatable bonds is 9. The van der Waals surface area contributed by atoms with Gasteiger partial charge in [0, 0.05) is 18.3 Å². The van der Waals surface area contributed by atoms with Gasteiger partial charge in [0.05, 0.1) is 25.1 Å². The van der Waals surface area contributed by atoms with Gasteiger partial charge in [-0.25, -0.2) is 4.39 Å². The monoisotopic (exact) mass is 422 g/mol. The molecular weight excluding hydrogens is 399 g/mol. The van der Waals surface area contributed by atoms with E-state index in [9.17, 15) is 9.18 Å². The topological polar surface area (TPSA) is 69.7 Å². The summed E-state index contributed by atoms with van der Waals surface area (Å²) in [6, 6.07) is 13.0. The first-order valence-corrected chi connectivity index (χ1v) is 9.85. The summed E-state index contributed by atoms with van der Waals surface area (Å²) < 4.78 is 30.8. The molecule has 0 aliphatic carbocycles. The van der Waals surface area contributed by atoms with Crippen molar-refractivity contribution in [2.24, 2.45) is 0 Å². The number of carbonyl (C=O) groups is 1. The van der Waals surface area contributed by atoms with Gasteiger partial charge in [0.2, 0.25) is 5.91 Å². The Kier molecular flexibility index (Phi) is 7.59. The normalized spacial score (nSPS) is 10.7. The van der Waals surface area contributed by atoms with Gasteiger partial charge in [-0.1, -0.05) is 6.07 Å². The van der Waals surface area contributed by atoms with Gasteiger partial charge in [0.15, 0.2) is 11.6 Å². The van der Waals surface area contributed by atoms with Gasteiger partial charge in [0.1, 0.15) is 17.2 Å². The van der Waals surface area contributed by atoms with Crippen LogP contribution in [-0.4, -0.2) is 24.1 Å². The van der Waals surface area contributed by atoms with Gasteiger partial charge in [-0.05, 0) is 61.9 Å². The summed E-state index contributed by atoms with van der Waals surface area (Å²) in [5.41, 5.74) is 1.01. The Hall–Kier alpha value is -3.87. The molecule has 0 unspecified atom stereocenters. The van der Waals surface area contributed by atoms with E-state index in [1.807, 2.05) is 13.8 Å². The van der Waals surface area contributed by atoms with Crippen molar-refractivity contribution < 1.29 is 23.4 Å². The predicted molar refractivity (Wildman–Crippen MR) is 117 cm³/mol. The van der Waals surface area contributed by atoms with Crippen LogP contribution < -0.4 is 19.5 Å². The molecule has 1 heterocycles. The van der Waals surface area contributed by atoms with Crippen LogP contribution in [-0.2, 0) is 4.79 Å². The van der Waals surface area contributed by atoms with Crippen molar-refractivity contribution in [3.8, 4) is 23.0 Å². The second kappa shape index (κ2) is 10.8. The van der Waals surface area contributed by atoms with Crippen molar-refractivity contribution in [2.75, 3.05) is 18.5 Å². The predicted octanol–water partition coefficient (Wildman–Crippen LogP) is 5.46. The molecule has 3 aromatic rings. The summed E-state index contributed by atoms with van der Waals surface area (Å²) >= 11 is 0. The molecule has 1 aromatic heterocycles. The lowest BCUT2D eigenvalue weighted by molar-refractivity contribution is -0.111. The van der Waals surface area contributed by atoms with Crippen molar-refractivity contribution in [1.29, 1.82) is 0 Å². The average molecular weight is 422 g/mol. The number of benzene rings is 2. The van der Waals surface area contributed by atoms with Gasteiger partial charge in [-0.2, -0.15) is 0 Å². The van der Waals surface area contributed by atoms with E-state index in [0.717, 1.165) is 0 Å². The quantitative estimate of drug-likeness (QED) is 0.464. The van der Waals surface area contributed by atoms with Crippen LogP contribution in [0.5, 0.6) is 23.0 Å². The van der Waals surface area contributed by atoms with Gasteiger partial charge in [0.25, 0.3) is 0 Å².